The smallest absolute Gasteiger partial charge is 0.240 e. The number of aliphatic hydroxyl groups excluding tert-OH is 1. The molecule has 2 rings (SSSR count). The molecule has 2 atom stereocenters. The van der Waals surface area contributed by atoms with Crippen LogP contribution in [0, 0.1) is 0 Å². The maximum Gasteiger partial charge on any atom is 0.240 e. The Bertz CT molecular complexity index is 625. The Morgan fingerprint density at radius 1 is 1.40 bits per heavy atom. The molecule has 7 heteroatoms. The van der Waals surface area contributed by atoms with E-state index in [4.69, 9.17) is 0 Å². The molecule has 0 aliphatic carbocycles. The Hall–Kier alpha value is -1.44. The van der Waals surface area contributed by atoms with Crippen LogP contribution in [0.2, 0.25) is 0 Å². The summed E-state index contributed by atoms with van der Waals surface area (Å²) in [5.74, 6) is -0.134. The second kappa shape index (κ2) is 5.51. The van der Waals surface area contributed by atoms with Gasteiger partial charge >= 0.3 is 0 Å². The maximum absolute atomic E-state index is 12.2. The molecule has 0 fully saturated rings. The van der Waals surface area contributed by atoms with Crippen molar-refractivity contribution < 1.29 is 18.3 Å². The average Bonchev–Trinajstić information content (AvgIpc) is 2.65. The molecule has 0 saturated carbocycles. The second-order valence-electron chi connectivity index (χ2n) is 5.15. The number of carbonyl (C=O) groups is 1. The van der Waals surface area contributed by atoms with Gasteiger partial charge in [-0.1, -0.05) is 0 Å². The average molecular weight is 298 g/mol. The molecule has 1 aliphatic heterocycles. The summed E-state index contributed by atoms with van der Waals surface area (Å²) in [6.45, 7) is 3.31. The van der Waals surface area contributed by atoms with Crippen molar-refractivity contribution in [3.63, 3.8) is 0 Å². The van der Waals surface area contributed by atoms with Gasteiger partial charge in [0, 0.05) is 11.7 Å². The van der Waals surface area contributed by atoms with Gasteiger partial charge in [-0.05, 0) is 44.0 Å². The summed E-state index contributed by atoms with van der Waals surface area (Å²) >= 11 is 0. The van der Waals surface area contributed by atoms with E-state index in [1.165, 1.54) is 12.1 Å². The molecule has 1 aromatic rings. The molecule has 0 saturated heterocycles. The number of benzene rings is 1. The van der Waals surface area contributed by atoms with E-state index in [1.54, 1.807) is 19.9 Å². The lowest BCUT2D eigenvalue weighted by Crippen LogP contribution is -2.34. The molecule has 0 radical (unpaired) electrons. The summed E-state index contributed by atoms with van der Waals surface area (Å²) in [6.07, 6.45) is -0.0406. The van der Waals surface area contributed by atoms with Crippen LogP contribution in [0.25, 0.3) is 0 Å². The van der Waals surface area contributed by atoms with Gasteiger partial charge < -0.3 is 10.4 Å². The van der Waals surface area contributed by atoms with E-state index in [9.17, 15) is 18.3 Å². The highest BCUT2D eigenvalue weighted by Gasteiger charge is 2.23. The van der Waals surface area contributed by atoms with Crippen LogP contribution in [0.1, 0.15) is 25.8 Å². The van der Waals surface area contributed by atoms with Crippen molar-refractivity contribution in [3.05, 3.63) is 23.8 Å². The van der Waals surface area contributed by atoms with Gasteiger partial charge in [0.2, 0.25) is 15.9 Å². The summed E-state index contributed by atoms with van der Waals surface area (Å²) in [7, 11) is -3.64. The summed E-state index contributed by atoms with van der Waals surface area (Å²) in [6, 6.07) is 4.19. The Morgan fingerprint density at radius 3 is 2.75 bits per heavy atom. The van der Waals surface area contributed by atoms with Gasteiger partial charge in [0.1, 0.15) is 0 Å². The zero-order chi connectivity index (χ0) is 14.9. The Labute approximate surface area is 118 Å². The van der Waals surface area contributed by atoms with E-state index in [-0.39, 0.29) is 23.3 Å². The second-order valence-corrected chi connectivity index (χ2v) is 6.86. The minimum absolute atomic E-state index is 0.130. The van der Waals surface area contributed by atoms with E-state index < -0.39 is 16.1 Å². The van der Waals surface area contributed by atoms with Gasteiger partial charge in [0.05, 0.1) is 17.4 Å². The number of hydrogen-bond donors (Lipinski definition) is 3. The standard InChI is InChI=1S/C13H18N2O4S/c1-8(5-9(2)16)15-20(18,19)11-3-4-12-10(6-11)7-13(17)14-12/h3-4,6,8-9,15-16H,5,7H2,1-2H3,(H,14,17). The number of aliphatic hydroxyl groups is 1. The first-order valence-electron chi connectivity index (χ1n) is 6.41. The molecule has 1 aromatic carbocycles. The zero-order valence-electron chi connectivity index (χ0n) is 11.4. The van der Waals surface area contributed by atoms with E-state index >= 15 is 0 Å². The third kappa shape index (κ3) is 3.36. The molecule has 2 unspecified atom stereocenters. The van der Waals surface area contributed by atoms with Crippen LogP contribution in [-0.4, -0.2) is 31.6 Å². The maximum atomic E-state index is 12.2. The first-order valence-corrected chi connectivity index (χ1v) is 7.89. The van der Waals surface area contributed by atoms with Gasteiger partial charge in [-0.25, -0.2) is 13.1 Å². The first-order chi connectivity index (χ1) is 9.28. The normalized spacial score (nSPS) is 17.4. The lowest BCUT2D eigenvalue weighted by Gasteiger charge is -2.16. The largest absolute Gasteiger partial charge is 0.393 e. The van der Waals surface area contributed by atoms with Crippen LogP contribution in [0.15, 0.2) is 23.1 Å². The Kier molecular flexibility index (Phi) is 4.12. The molecule has 20 heavy (non-hydrogen) atoms. The fourth-order valence-corrected chi connectivity index (χ4v) is 3.57. The Balaban J connectivity index is 2.18. The molecule has 3 N–H and O–H groups in total. The third-order valence-electron chi connectivity index (χ3n) is 3.06. The number of sulfonamides is 1. The summed E-state index contributed by atoms with van der Waals surface area (Å²) in [5.41, 5.74) is 1.34. The van der Waals surface area contributed by atoms with Crippen molar-refractivity contribution >= 4 is 21.6 Å². The highest BCUT2D eigenvalue weighted by atomic mass is 32.2. The van der Waals surface area contributed by atoms with Crippen LogP contribution in [0.5, 0.6) is 0 Å². The van der Waals surface area contributed by atoms with Crippen molar-refractivity contribution in [2.45, 2.75) is 43.7 Å². The van der Waals surface area contributed by atoms with Crippen LogP contribution in [0.4, 0.5) is 5.69 Å². The van der Waals surface area contributed by atoms with Gasteiger partial charge in [0.25, 0.3) is 0 Å². The lowest BCUT2D eigenvalue weighted by molar-refractivity contribution is -0.115. The molecule has 0 spiro atoms. The van der Waals surface area contributed by atoms with Gasteiger partial charge in [-0.3, -0.25) is 4.79 Å². The van der Waals surface area contributed by atoms with Crippen molar-refractivity contribution in [1.29, 1.82) is 0 Å². The molecular weight excluding hydrogens is 280 g/mol. The van der Waals surface area contributed by atoms with Gasteiger partial charge in [-0.15, -0.1) is 0 Å². The highest BCUT2D eigenvalue weighted by Crippen LogP contribution is 2.25. The number of rotatable bonds is 5. The topological polar surface area (TPSA) is 95.5 Å². The Morgan fingerprint density at radius 2 is 2.10 bits per heavy atom. The molecule has 1 amide bonds. The van der Waals surface area contributed by atoms with E-state index in [1.807, 2.05) is 0 Å². The predicted octanol–water partition coefficient (Wildman–Crippen LogP) is 0.619. The van der Waals surface area contributed by atoms with Crippen molar-refractivity contribution in [2.75, 3.05) is 5.32 Å². The summed E-state index contributed by atoms with van der Waals surface area (Å²) < 4.78 is 26.9. The monoisotopic (exact) mass is 298 g/mol. The highest BCUT2D eigenvalue weighted by molar-refractivity contribution is 7.89. The number of nitrogens with one attached hydrogen (secondary N) is 2. The van der Waals surface area contributed by atoms with Crippen molar-refractivity contribution in [1.82, 2.24) is 4.72 Å². The fourth-order valence-electron chi connectivity index (χ4n) is 2.27. The molecule has 1 heterocycles. The molecule has 110 valence electrons. The SMILES string of the molecule is CC(O)CC(C)NS(=O)(=O)c1ccc2c(c1)CC(=O)N2. The van der Waals surface area contributed by atoms with E-state index in [0.717, 1.165) is 0 Å². The van der Waals surface area contributed by atoms with Crippen molar-refractivity contribution in [2.24, 2.45) is 0 Å². The first kappa shape index (κ1) is 15.0. The minimum atomic E-state index is -3.64. The van der Waals surface area contributed by atoms with Crippen molar-refractivity contribution in [3.8, 4) is 0 Å². The number of amides is 1. The van der Waals surface area contributed by atoms with Crippen LogP contribution in [0.3, 0.4) is 0 Å². The molecule has 0 bridgehead atoms. The minimum Gasteiger partial charge on any atom is -0.393 e. The lowest BCUT2D eigenvalue weighted by atomic mass is 10.2. The van der Waals surface area contributed by atoms with E-state index in [2.05, 4.69) is 10.0 Å². The van der Waals surface area contributed by atoms with Crippen LogP contribution in [-0.2, 0) is 21.2 Å². The third-order valence-corrected chi connectivity index (χ3v) is 4.65. The fraction of sp³-hybridized carbons (Fsp3) is 0.462. The number of anilines is 1. The molecule has 6 nitrogen and oxygen atoms in total. The number of carbonyl (C=O) groups excluding carboxylic acids is 1. The predicted molar refractivity (Wildman–Crippen MR) is 74.9 cm³/mol. The zero-order valence-corrected chi connectivity index (χ0v) is 12.2. The van der Waals surface area contributed by atoms with Crippen LogP contribution < -0.4 is 10.0 Å². The molecule has 0 aromatic heterocycles. The van der Waals surface area contributed by atoms with Gasteiger partial charge in [-0.2, -0.15) is 0 Å². The summed E-state index contributed by atoms with van der Waals surface area (Å²) in [5, 5.41) is 11.9. The van der Waals surface area contributed by atoms with Gasteiger partial charge in [0.15, 0.2) is 0 Å². The van der Waals surface area contributed by atoms with Crippen LogP contribution >= 0.6 is 0 Å². The van der Waals surface area contributed by atoms with E-state index in [0.29, 0.717) is 17.7 Å². The quantitative estimate of drug-likeness (QED) is 0.742. The number of fused-ring (bicyclic) bond motifs is 1. The number of hydrogen-bond acceptors (Lipinski definition) is 4. The molecule has 1 aliphatic rings. The summed E-state index contributed by atoms with van der Waals surface area (Å²) in [4.78, 5) is 11.4. The molecular formula is C13H18N2O4S.